The standard InChI is InChI=1S/C11H15BrN2O2S/c1-15-6-8-10(12)11(17)14-9(13-8)4-7-2-3-16-5-7/h7H,2-6H2,1H3,(H,13,14,17). The number of aromatic nitrogens is 2. The predicted molar refractivity (Wildman–Crippen MR) is 70.5 cm³/mol. The molecule has 2 rings (SSSR count). The van der Waals surface area contributed by atoms with E-state index in [1.54, 1.807) is 7.11 Å². The lowest BCUT2D eigenvalue weighted by Crippen LogP contribution is -2.09. The van der Waals surface area contributed by atoms with E-state index < -0.39 is 0 Å². The summed E-state index contributed by atoms with van der Waals surface area (Å²) in [4.78, 5) is 7.66. The van der Waals surface area contributed by atoms with E-state index in [-0.39, 0.29) is 0 Å². The summed E-state index contributed by atoms with van der Waals surface area (Å²) in [6.45, 7) is 2.17. The van der Waals surface area contributed by atoms with Gasteiger partial charge in [0.05, 0.1) is 16.8 Å². The average Bonchev–Trinajstić information content (AvgIpc) is 2.78. The maximum Gasteiger partial charge on any atom is 0.144 e. The van der Waals surface area contributed by atoms with Crippen LogP contribution in [0.5, 0.6) is 0 Å². The number of nitrogens with one attached hydrogen (secondary N) is 1. The number of hydrogen-bond acceptors (Lipinski definition) is 4. The van der Waals surface area contributed by atoms with Crippen LogP contribution < -0.4 is 0 Å². The molecule has 1 aliphatic rings. The lowest BCUT2D eigenvalue weighted by atomic mass is 10.0. The molecule has 4 nitrogen and oxygen atoms in total. The zero-order valence-corrected chi connectivity index (χ0v) is 12.1. The number of nitrogens with zero attached hydrogens (tertiary/aromatic N) is 1. The Kier molecular flexibility index (Phi) is 4.67. The monoisotopic (exact) mass is 318 g/mol. The Labute approximate surface area is 114 Å². The second-order valence-electron chi connectivity index (χ2n) is 4.15. The molecule has 1 saturated heterocycles. The van der Waals surface area contributed by atoms with Crippen molar-refractivity contribution in [3.05, 3.63) is 20.6 Å². The molecule has 94 valence electrons. The van der Waals surface area contributed by atoms with Gasteiger partial charge in [-0.15, -0.1) is 0 Å². The van der Waals surface area contributed by atoms with Crippen molar-refractivity contribution in [1.29, 1.82) is 0 Å². The van der Waals surface area contributed by atoms with Crippen molar-refractivity contribution in [3.8, 4) is 0 Å². The lowest BCUT2D eigenvalue weighted by molar-refractivity contribution is 0.179. The van der Waals surface area contributed by atoms with Gasteiger partial charge in [-0.25, -0.2) is 4.98 Å². The number of H-pyrrole nitrogens is 1. The van der Waals surface area contributed by atoms with Gasteiger partial charge in [0.2, 0.25) is 0 Å². The first-order valence-corrected chi connectivity index (χ1v) is 6.75. The van der Waals surface area contributed by atoms with Crippen LogP contribution in [0.25, 0.3) is 0 Å². The largest absolute Gasteiger partial charge is 0.381 e. The van der Waals surface area contributed by atoms with E-state index in [4.69, 9.17) is 21.7 Å². The molecule has 1 fully saturated rings. The summed E-state index contributed by atoms with van der Waals surface area (Å²) in [5, 5.41) is 0. The minimum atomic E-state index is 0.501. The Morgan fingerprint density at radius 3 is 3.12 bits per heavy atom. The number of methoxy groups -OCH3 is 1. The van der Waals surface area contributed by atoms with Gasteiger partial charge in [-0.3, -0.25) is 0 Å². The summed E-state index contributed by atoms with van der Waals surface area (Å²) in [7, 11) is 1.66. The Balaban J connectivity index is 2.19. The van der Waals surface area contributed by atoms with Crippen molar-refractivity contribution in [1.82, 2.24) is 9.97 Å². The van der Waals surface area contributed by atoms with E-state index in [2.05, 4.69) is 25.9 Å². The van der Waals surface area contributed by atoms with Gasteiger partial charge in [-0.1, -0.05) is 12.2 Å². The maximum atomic E-state index is 5.36. The van der Waals surface area contributed by atoms with Crippen LogP contribution in [-0.2, 0) is 22.5 Å². The smallest absolute Gasteiger partial charge is 0.144 e. The fourth-order valence-electron chi connectivity index (χ4n) is 1.92. The van der Waals surface area contributed by atoms with Gasteiger partial charge in [0.1, 0.15) is 10.5 Å². The molecule has 17 heavy (non-hydrogen) atoms. The van der Waals surface area contributed by atoms with Crippen molar-refractivity contribution in [2.45, 2.75) is 19.4 Å². The van der Waals surface area contributed by atoms with Crippen LogP contribution in [0.15, 0.2) is 4.47 Å². The summed E-state index contributed by atoms with van der Waals surface area (Å²) in [6.07, 6.45) is 1.98. The van der Waals surface area contributed by atoms with Crippen LogP contribution in [0.3, 0.4) is 0 Å². The fraction of sp³-hybridized carbons (Fsp3) is 0.636. The van der Waals surface area contributed by atoms with E-state index in [1.165, 1.54) is 0 Å². The third-order valence-electron chi connectivity index (χ3n) is 2.78. The Bertz CT molecular complexity index is 444. The molecule has 0 bridgehead atoms. The topological polar surface area (TPSA) is 47.1 Å². The molecule has 0 aliphatic carbocycles. The van der Waals surface area contributed by atoms with Gasteiger partial charge in [-0.05, 0) is 28.3 Å². The van der Waals surface area contributed by atoms with Crippen molar-refractivity contribution in [3.63, 3.8) is 0 Å². The van der Waals surface area contributed by atoms with Crippen LogP contribution in [0.4, 0.5) is 0 Å². The third-order valence-corrected chi connectivity index (χ3v) is 4.19. The van der Waals surface area contributed by atoms with Crippen LogP contribution in [0.1, 0.15) is 17.9 Å². The quantitative estimate of drug-likeness (QED) is 0.867. The molecular formula is C11H15BrN2O2S. The predicted octanol–water partition coefficient (Wildman–Crippen LogP) is 2.63. The molecule has 0 spiro atoms. The fourth-order valence-corrected chi connectivity index (χ4v) is 2.45. The minimum Gasteiger partial charge on any atom is -0.381 e. The second kappa shape index (κ2) is 6.04. The van der Waals surface area contributed by atoms with Crippen molar-refractivity contribution in [2.24, 2.45) is 5.92 Å². The van der Waals surface area contributed by atoms with Gasteiger partial charge in [0, 0.05) is 26.7 Å². The molecule has 1 aliphatic heterocycles. The Morgan fingerprint density at radius 1 is 1.65 bits per heavy atom. The zero-order chi connectivity index (χ0) is 12.3. The van der Waals surface area contributed by atoms with Gasteiger partial charge in [0.25, 0.3) is 0 Å². The van der Waals surface area contributed by atoms with Crippen LogP contribution in [0.2, 0.25) is 0 Å². The minimum absolute atomic E-state index is 0.501. The van der Waals surface area contributed by atoms with Crippen molar-refractivity contribution in [2.75, 3.05) is 20.3 Å². The van der Waals surface area contributed by atoms with Crippen LogP contribution >= 0.6 is 28.1 Å². The van der Waals surface area contributed by atoms with Crippen molar-refractivity contribution < 1.29 is 9.47 Å². The molecule has 0 radical (unpaired) electrons. The molecule has 1 N–H and O–H groups in total. The number of ether oxygens (including phenoxy) is 2. The lowest BCUT2D eigenvalue weighted by Gasteiger charge is -2.10. The zero-order valence-electron chi connectivity index (χ0n) is 9.66. The first-order chi connectivity index (χ1) is 8.20. The van der Waals surface area contributed by atoms with Gasteiger partial charge in [0.15, 0.2) is 0 Å². The van der Waals surface area contributed by atoms with Gasteiger partial charge < -0.3 is 14.5 Å². The number of hydrogen-bond donors (Lipinski definition) is 1. The molecular weight excluding hydrogens is 304 g/mol. The summed E-state index contributed by atoms with van der Waals surface area (Å²) >= 11 is 8.64. The molecule has 2 heterocycles. The highest BCUT2D eigenvalue weighted by atomic mass is 79.9. The summed E-state index contributed by atoms with van der Waals surface area (Å²) in [5.41, 5.74) is 0.946. The highest BCUT2D eigenvalue weighted by Gasteiger charge is 2.18. The van der Waals surface area contributed by atoms with Gasteiger partial charge >= 0.3 is 0 Å². The van der Waals surface area contributed by atoms with E-state index in [1.807, 2.05) is 0 Å². The molecule has 1 aromatic heterocycles. The Morgan fingerprint density at radius 2 is 2.47 bits per heavy atom. The number of halogens is 1. The summed E-state index contributed by atoms with van der Waals surface area (Å²) in [5.74, 6) is 1.46. The van der Waals surface area contributed by atoms with E-state index >= 15 is 0 Å². The summed E-state index contributed by atoms with van der Waals surface area (Å²) < 4.78 is 11.9. The normalized spacial score (nSPS) is 19.8. The van der Waals surface area contributed by atoms with Crippen LogP contribution in [-0.4, -0.2) is 30.3 Å². The third kappa shape index (κ3) is 3.34. The van der Waals surface area contributed by atoms with Crippen molar-refractivity contribution >= 4 is 28.1 Å². The molecule has 1 aromatic rings. The van der Waals surface area contributed by atoms with E-state index in [0.717, 1.165) is 42.0 Å². The molecule has 1 unspecified atom stereocenters. The highest BCUT2D eigenvalue weighted by Crippen LogP contribution is 2.20. The number of rotatable bonds is 4. The average molecular weight is 319 g/mol. The second-order valence-corrected chi connectivity index (χ2v) is 5.33. The first-order valence-electron chi connectivity index (χ1n) is 5.55. The molecule has 1 atom stereocenters. The van der Waals surface area contributed by atoms with E-state index in [9.17, 15) is 0 Å². The number of aromatic amines is 1. The molecule has 0 saturated carbocycles. The van der Waals surface area contributed by atoms with Crippen LogP contribution in [0, 0.1) is 10.6 Å². The van der Waals surface area contributed by atoms with Gasteiger partial charge in [-0.2, -0.15) is 0 Å². The highest BCUT2D eigenvalue weighted by molar-refractivity contribution is 9.10. The SMILES string of the molecule is COCc1[nH]c(CC2CCOC2)nc(=S)c1Br. The summed E-state index contributed by atoms with van der Waals surface area (Å²) in [6, 6.07) is 0. The van der Waals surface area contributed by atoms with E-state index in [0.29, 0.717) is 17.2 Å². The first kappa shape index (κ1) is 13.1. The molecule has 0 aromatic carbocycles. The molecule has 6 heteroatoms. The molecule has 0 amide bonds. The maximum absolute atomic E-state index is 5.36. The Hall–Kier alpha value is -0.300.